The van der Waals surface area contributed by atoms with Gasteiger partial charge in [0.25, 0.3) is 0 Å². The zero-order chi connectivity index (χ0) is 16.3. The van der Waals surface area contributed by atoms with E-state index >= 15 is 0 Å². The molecule has 0 aromatic carbocycles. The van der Waals surface area contributed by atoms with Gasteiger partial charge in [0.15, 0.2) is 9.84 Å². The molecule has 0 amide bonds. The van der Waals surface area contributed by atoms with Gasteiger partial charge in [-0.05, 0) is 26.0 Å². The van der Waals surface area contributed by atoms with Crippen LogP contribution in [-0.2, 0) is 30.3 Å². The van der Waals surface area contributed by atoms with Gasteiger partial charge >= 0.3 is 0 Å². The molecule has 0 spiro atoms. The minimum absolute atomic E-state index is 0. The smallest absolute Gasteiger partial charge is 0.180 e. The molecule has 2 unspecified atom stereocenters. The molecule has 1 saturated heterocycles. The largest absolute Gasteiger partial charge is 0.657 e. The Balaban J connectivity index is 0. The molecular weight excluding hydrogens is 393 g/mol. The van der Waals surface area contributed by atoms with Crippen LogP contribution < -0.4 is 0 Å². The molecule has 1 rings (SSSR count). The summed E-state index contributed by atoms with van der Waals surface area (Å²) in [5.74, 6) is -0.269. The Morgan fingerprint density at radius 1 is 1.32 bits per heavy atom. The van der Waals surface area contributed by atoms with Crippen molar-refractivity contribution in [3.8, 4) is 0 Å². The number of nitrogens with zero attached hydrogens (tertiary/aromatic N) is 1. The third-order valence-electron chi connectivity index (χ3n) is 3.00. The molecule has 0 aromatic rings. The minimum Gasteiger partial charge on any atom is -0.657 e. The van der Waals surface area contributed by atoms with Crippen molar-refractivity contribution in [3.05, 3.63) is 40.6 Å². The molecule has 1 fully saturated rings. The molecule has 6 heteroatoms. The van der Waals surface area contributed by atoms with Crippen molar-refractivity contribution in [1.82, 2.24) is 0 Å². The predicted octanol–water partition coefficient (Wildman–Crippen LogP) is 3.36. The van der Waals surface area contributed by atoms with E-state index in [1.54, 1.807) is 37.3 Å². The van der Waals surface area contributed by atoms with Crippen molar-refractivity contribution < 1.29 is 33.9 Å². The Morgan fingerprint density at radius 3 is 2.41 bits per heavy atom. The van der Waals surface area contributed by atoms with Crippen molar-refractivity contribution in [2.75, 3.05) is 12.3 Å². The molecule has 2 atom stereocenters. The predicted molar refractivity (Wildman–Crippen MR) is 90.1 cm³/mol. The molecule has 0 aromatic heterocycles. The molecule has 0 radical (unpaired) electrons. The third-order valence-corrected chi connectivity index (χ3v) is 4.77. The van der Waals surface area contributed by atoms with Crippen LogP contribution in [0.2, 0.25) is 0 Å². The van der Waals surface area contributed by atoms with Gasteiger partial charge in [-0.15, -0.1) is 12.6 Å². The van der Waals surface area contributed by atoms with E-state index in [2.05, 4.69) is 5.32 Å². The van der Waals surface area contributed by atoms with Gasteiger partial charge in [-0.2, -0.15) is 0 Å². The van der Waals surface area contributed by atoms with E-state index < -0.39 is 15.9 Å². The molecule has 4 nitrogen and oxygen atoms in total. The van der Waals surface area contributed by atoms with Crippen LogP contribution in [0.4, 0.5) is 0 Å². The number of aliphatic hydroxyl groups excluding tert-OH is 1. The molecule has 22 heavy (non-hydrogen) atoms. The Labute approximate surface area is 149 Å². The maximum Gasteiger partial charge on any atom is 0.180 e. The molecule has 132 valence electrons. The summed E-state index contributed by atoms with van der Waals surface area (Å²) >= 11 is 0. The van der Waals surface area contributed by atoms with Gasteiger partial charge in [-0.3, -0.25) is 0 Å². The first-order valence-corrected chi connectivity index (χ1v) is 9.19. The van der Waals surface area contributed by atoms with Crippen LogP contribution in [0.1, 0.15) is 40.5 Å². The molecule has 0 bridgehead atoms. The molecule has 0 saturated carbocycles. The van der Waals surface area contributed by atoms with E-state index in [-0.39, 0.29) is 37.1 Å². The fourth-order valence-corrected chi connectivity index (χ4v) is 3.51. The summed E-state index contributed by atoms with van der Waals surface area (Å²) < 4.78 is 24.5. The maximum atomic E-state index is 12.2. The summed E-state index contributed by atoms with van der Waals surface area (Å²) in [6.45, 7) is 8.31. The number of rotatable bonds is 6. The Morgan fingerprint density at radius 2 is 1.95 bits per heavy atom. The SMILES string of the molecule is CC.C\C=C/C=C(\C=C/C)S(=O)(=O)CC(O)C1CCC[N-]1.[Pd]. The number of allylic oxidation sites excluding steroid dienone is 5. The summed E-state index contributed by atoms with van der Waals surface area (Å²) in [5.41, 5.74) is 0. The van der Waals surface area contributed by atoms with Crippen molar-refractivity contribution >= 4 is 9.84 Å². The fraction of sp³-hybridized carbons (Fsp3) is 0.625. The van der Waals surface area contributed by atoms with Gasteiger partial charge in [0.2, 0.25) is 0 Å². The molecule has 1 heterocycles. The summed E-state index contributed by atoms with van der Waals surface area (Å²) in [5, 5.41) is 14.2. The normalized spacial score (nSPS) is 20.6. The van der Waals surface area contributed by atoms with Gasteiger partial charge in [0.05, 0.1) is 16.8 Å². The van der Waals surface area contributed by atoms with E-state index in [9.17, 15) is 13.5 Å². The zero-order valence-electron chi connectivity index (χ0n) is 13.8. The number of hydrogen-bond acceptors (Lipinski definition) is 3. The van der Waals surface area contributed by atoms with E-state index in [4.69, 9.17) is 0 Å². The van der Waals surface area contributed by atoms with E-state index in [0.717, 1.165) is 19.4 Å². The monoisotopic (exact) mass is 420 g/mol. The minimum atomic E-state index is -3.48. The summed E-state index contributed by atoms with van der Waals surface area (Å²) in [4.78, 5) is 0.227. The first kappa shape index (κ1) is 24.0. The van der Waals surface area contributed by atoms with Crippen molar-refractivity contribution in [1.29, 1.82) is 0 Å². The van der Waals surface area contributed by atoms with Crippen LogP contribution in [0, 0.1) is 0 Å². The van der Waals surface area contributed by atoms with Crippen LogP contribution in [0.25, 0.3) is 5.32 Å². The van der Waals surface area contributed by atoms with Crippen molar-refractivity contribution in [3.63, 3.8) is 0 Å². The molecule has 1 N–H and O–H groups in total. The van der Waals surface area contributed by atoms with Crippen LogP contribution in [-0.4, -0.2) is 38.0 Å². The number of sulfone groups is 1. The second-order valence-corrected chi connectivity index (χ2v) is 6.59. The van der Waals surface area contributed by atoms with Crippen molar-refractivity contribution in [2.24, 2.45) is 0 Å². The van der Waals surface area contributed by atoms with Crippen LogP contribution in [0.3, 0.4) is 0 Å². The van der Waals surface area contributed by atoms with Gasteiger partial charge < -0.3 is 10.4 Å². The van der Waals surface area contributed by atoms with Gasteiger partial charge in [0.1, 0.15) is 0 Å². The Hall–Kier alpha value is -0.248. The average Bonchev–Trinajstić information content (AvgIpc) is 2.99. The standard InChI is InChI=1S/C14H22NO3S.C2H6.Pd/c1-3-5-8-12(7-4-2)19(17,18)11-14(16)13-9-6-10-15-13;1-2;/h3-5,7-8,13-14,16H,6,9-11H2,1-2H3;1-2H3;/q-1;;/b5-3-,7-4-,12-8+;;. The number of aliphatic hydroxyl groups is 1. The first-order chi connectivity index (χ1) is 10.0. The van der Waals surface area contributed by atoms with E-state index in [1.807, 2.05) is 20.8 Å². The summed E-state index contributed by atoms with van der Waals surface area (Å²) in [6, 6.07) is -0.233. The Bertz CT molecular complexity index is 464. The second-order valence-electron chi connectivity index (χ2n) is 4.56. The zero-order valence-corrected chi connectivity index (χ0v) is 16.2. The Kier molecular flexibility index (Phi) is 14.4. The average molecular weight is 421 g/mol. The maximum absolute atomic E-state index is 12.2. The van der Waals surface area contributed by atoms with Crippen LogP contribution in [0.15, 0.2) is 35.3 Å². The quantitative estimate of drug-likeness (QED) is 0.529. The van der Waals surface area contributed by atoms with Crippen LogP contribution in [0.5, 0.6) is 0 Å². The van der Waals surface area contributed by atoms with Gasteiger partial charge in [0, 0.05) is 20.4 Å². The molecule has 0 aliphatic carbocycles. The number of hydrogen-bond donors (Lipinski definition) is 1. The van der Waals surface area contributed by atoms with Crippen molar-refractivity contribution in [2.45, 2.75) is 52.7 Å². The summed E-state index contributed by atoms with van der Waals surface area (Å²) in [7, 11) is -3.48. The van der Waals surface area contributed by atoms with E-state index in [1.165, 1.54) is 0 Å². The molecule has 1 aliphatic rings. The summed E-state index contributed by atoms with van der Waals surface area (Å²) in [6.07, 6.45) is 9.01. The van der Waals surface area contributed by atoms with E-state index in [0.29, 0.717) is 0 Å². The second kappa shape index (κ2) is 13.2. The van der Waals surface area contributed by atoms with Gasteiger partial charge in [-0.25, -0.2) is 8.42 Å². The third kappa shape index (κ3) is 8.40. The van der Waals surface area contributed by atoms with Crippen LogP contribution >= 0.6 is 0 Å². The topological polar surface area (TPSA) is 68.5 Å². The van der Waals surface area contributed by atoms with Gasteiger partial charge in [-0.1, -0.05) is 44.9 Å². The molecule has 1 aliphatic heterocycles. The first-order valence-electron chi connectivity index (χ1n) is 7.54. The molecular formula is C16H28NO3PdS-. The fourth-order valence-electron chi connectivity index (χ4n) is 2.01.